The molecule has 134 valence electrons. The Morgan fingerprint density at radius 1 is 1.23 bits per heavy atom. The van der Waals surface area contributed by atoms with Crippen molar-refractivity contribution in [1.82, 2.24) is 5.32 Å². The highest BCUT2D eigenvalue weighted by atomic mass is 35.5. The zero-order valence-corrected chi connectivity index (χ0v) is 15.9. The van der Waals surface area contributed by atoms with Crippen LogP contribution in [-0.2, 0) is 9.59 Å². The van der Waals surface area contributed by atoms with Crippen LogP contribution in [0, 0.1) is 6.92 Å². The highest BCUT2D eigenvalue weighted by Gasteiger charge is 2.35. The first-order valence-electron chi connectivity index (χ1n) is 7.73. The van der Waals surface area contributed by atoms with E-state index in [9.17, 15) is 9.59 Å². The van der Waals surface area contributed by atoms with Crippen molar-refractivity contribution >= 4 is 58.4 Å². The number of hydrogen-bond acceptors (Lipinski definition) is 5. The lowest BCUT2D eigenvalue weighted by molar-refractivity contribution is -0.122. The van der Waals surface area contributed by atoms with Crippen LogP contribution in [0.5, 0.6) is 0 Å². The van der Waals surface area contributed by atoms with Crippen molar-refractivity contribution in [3.8, 4) is 0 Å². The number of rotatable bonds is 3. The van der Waals surface area contributed by atoms with E-state index in [-0.39, 0.29) is 10.7 Å². The van der Waals surface area contributed by atoms with E-state index in [1.807, 2.05) is 14.1 Å². The van der Waals surface area contributed by atoms with E-state index in [1.54, 1.807) is 42.2 Å². The number of carbonyl (C=O) groups is 2. The number of thiocarbonyl (C=S) groups is 1. The lowest BCUT2D eigenvalue weighted by Gasteiger charge is -2.30. The molecule has 0 atom stereocenters. The number of anilines is 2. The largest absolute Gasteiger partial charge is 0.441 e. The maximum Gasteiger partial charge on any atom is 0.270 e. The summed E-state index contributed by atoms with van der Waals surface area (Å²) in [5.74, 6) is -0.105. The number of furan rings is 1. The summed E-state index contributed by atoms with van der Waals surface area (Å²) in [6, 6.07) is 8.60. The predicted octanol–water partition coefficient (Wildman–Crippen LogP) is 3.14. The van der Waals surface area contributed by atoms with Crippen LogP contribution in [0.3, 0.4) is 0 Å². The SMILES string of the molecule is Cc1c(Cl)cccc1N1C(=O)C(=Cc2ccc(N(C)C)o2)C(=O)NC1=S. The third-order valence-electron chi connectivity index (χ3n) is 3.92. The molecule has 6 nitrogen and oxygen atoms in total. The first-order chi connectivity index (χ1) is 12.3. The van der Waals surface area contributed by atoms with Gasteiger partial charge in [-0.3, -0.25) is 19.8 Å². The molecule has 0 spiro atoms. The minimum Gasteiger partial charge on any atom is -0.441 e. The first kappa shape index (κ1) is 18.2. The standard InChI is InChI=1S/C18H16ClN3O3S/c1-10-13(19)5-4-6-14(10)22-17(24)12(16(23)20-18(22)26)9-11-7-8-15(25-11)21(2)3/h4-9H,1-3H3,(H,20,23,26). The van der Waals surface area contributed by atoms with Crippen molar-refractivity contribution in [3.63, 3.8) is 0 Å². The van der Waals surface area contributed by atoms with Crippen LogP contribution < -0.4 is 15.1 Å². The lowest BCUT2D eigenvalue weighted by atomic mass is 10.1. The maximum atomic E-state index is 13.0. The van der Waals surface area contributed by atoms with E-state index >= 15 is 0 Å². The summed E-state index contributed by atoms with van der Waals surface area (Å²) in [7, 11) is 3.66. The topological polar surface area (TPSA) is 65.8 Å². The van der Waals surface area contributed by atoms with Crippen molar-refractivity contribution in [2.75, 3.05) is 23.9 Å². The molecule has 2 heterocycles. The quantitative estimate of drug-likeness (QED) is 0.496. The number of amides is 2. The molecule has 2 amide bonds. The zero-order chi connectivity index (χ0) is 19.0. The van der Waals surface area contributed by atoms with E-state index in [4.69, 9.17) is 28.2 Å². The van der Waals surface area contributed by atoms with Crippen molar-refractivity contribution in [3.05, 3.63) is 52.3 Å². The van der Waals surface area contributed by atoms with Gasteiger partial charge in [0.15, 0.2) is 11.0 Å². The van der Waals surface area contributed by atoms with Gasteiger partial charge in [-0.05, 0) is 49.0 Å². The third kappa shape index (κ3) is 3.23. The second-order valence-electron chi connectivity index (χ2n) is 5.91. The third-order valence-corrected chi connectivity index (χ3v) is 4.62. The first-order valence-corrected chi connectivity index (χ1v) is 8.52. The Bertz CT molecular complexity index is 949. The average Bonchev–Trinajstić information content (AvgIpc) is 3.04. The van der Waals surface area contributed by atoms with Gasteiger partial charge in [0.25, 0.3) is 11.8 Å². The summed E-state index contributed by atoms with van der Waals surface area (Å²) < 4.78 is 5.60. The van der Waals surface area contributed by atoms with Crippen molar-refractivity contribution in [2.24, 2.45) is 0 Å². The van der Waals surface area contributed by atoms with Crippen molar-refractivity contribution in [2.45, 2.75) is 6.92 Å². The minimum atomic E-state index is -0.571. The molecule has 2 aromatic rings. The number of halogens is 1. The summed E-state index contributed by atoms with van der Waals surface area (Å²) in [5, 5.41) is 3.05. The van der Waals surface area contributed by atoms with Gasteiger partial charge in [-0.15, -0.1) is 0 Å². The van der Waals surface area contributed by atoms with Gasteiger partial charge >= 0.3 is 0 Å². The molecule has 1 aliphatic heterocycles. The maximum absolute atomic E-state index is 13.0. The van der Waals surface area contributed by atoms with Crippen molar-refractivity contribution < 1.29 is 14.0 Å². The molecule has 1 aliphatic rings. The fourth-order valence-electron chi connectivity index (χ4n) is 2.52. The number of benzene rings is 1. The van der Waals surface area contributed by atoms with Crippen LogP contribution in [0.2, 0.25) is 5.02 Å². The van der Waals surface area contributed by atoms with Gasteiger partial charge in [0.05, 0.1) is 5.69 Å². The van der Waals surface area contributed by atoms with E-state index in [0.717, 1.165) is 0 Å². The smallest absolute Gasteiger partial charge is 0.270 e. The fraction of sp³-hybridized carbons (Fsp3) is 0.167. The second-order valence-corrected chi connectivity index (χ2v) is 6.71. The zero-order valence-electron chi connectivity index (χ0n) is 14.4. The molecule has 1 N–H and O–H groups in total. The number of nitrogens with zero attached hydrogens (tertiary/aromatic N) is 2. The van der Waals surface area contributed by atoms with E-state index in [2.05, 4.69) is 5.32 Å². The molecule has 8 heteroatoms. The Balaban J connectivity index is 2.02. The predicted molar refractivity (Wildman–Crippen MR) is 105 cm³/mol. The lowest BCUT2D eigenvalue weighted by Crippen LogP contribution is -2.54. The Labute approximate surface area is 161 Å². The van der Waals surface area contributed by atoms with E-state index in [1.165, 1.54) is 11.0 Å². The molecule has 0 radical (unpaired) electrons. The molecule has 1 aromatic carbocycles. The molecule has 0 unspecified atom stereocenters. The summed E-state index contributed by atoms with van der Waals surface area (Å²) in [6.07, 6.45) is 1.40. The highest BCUT2D eigenvalue weighted by Crippen LogP contribution is 2.30. The molecule has 0 saturated carbocycles. The van der Waals surface area contributed by atoms with Crippen LogP contribution >= 0.6 is 23.8 Å². The Morgan fingerprint density at radius 2 is 1.96 bits per heavy atom. The second kappa shape index (κ2) is 6.93. The number of hydrogen-bond donors (Lipinski definition) is 1. The Hall–Kier alpha value is -2.64. The van der Waals surface area contributed by atoms with Gasteiger partial charge in [0, 0.05) is 25.2 Å². The average molecular weight is 390 g/mol. The van der Waals surface area contributed by atoms with E-state index in [0.29, 0.717) is 27.9 Å². The van der Waals surface area contributed by atoms with Crippen LogP contribution in [0.1, 0.15) is 11.3 Å². The number of carbonyl (C=O) groups excluding carboxylic acids is 2. The van der Waals surface area contributed by atoms with Gasteiger partial charge in [-0.1, -0.05) is 17.7 Å². The Kier molecular flexibility index (Phi) is 4.84. The number of nitrogens with one attached hydrogen (secondary N) is 1. The summed E-state index contributed by atoms with van der Waals surface area (Å²) in [4.78, 5) is 28.3. The molecule has 0 bridgehead atoms. The molecule has 0 aliphatic carbocycles. The monoisotopic (exact) mass is 389 g/mol. The molecule has 26 heavy (non-hydrogen) atoms. The molecule has 1 saturated heterocycles. The minimum absolute atomic E-state index is 0.0101. The summed E-state index contributed by atoms with van der Waals surface area (Å²) in [6.45, 7) is 1.78. The normalized spacial score (nSPS) is 16.2. The van der Waals surface area contributed by atoms with Crippen molar-refractivity contribution in [1.29, 1.82) is 0 Å². The van der Waals surface area contributed by atoms with Gasteiger partial charge < -0.3 is 9.32 Å². The molecular weight excluding hydrogens is 374 g/mol. The summed E-state index contributed by atoms with van der Waals surface area (Å²) in [5.41, 5.74) is 1.14. The fourth-order valence-corrected chi connectivity index (χ4v) is 2.96. The van der Waals surface area contributed by atoms with Crippen LogP contribution in [0.15, 0.2) is 40.3 Å². The highest BCUT2D eigenvalue weighted by molar-refractivity contribution is 7.80. The van der Waals surface area contributed by atoms with Gasteiger partial charge in [-0.2, -0.15) is 0 Å². The van der Waals surface area contributed by atoms with Crippen LogP contribution in [0.25, 0.3) is 6.08 Å². The molecule has 3 rings (SSSR count). The molecule has 1 aromatic heterocycles. The molecule has 1 fully saturated rings. The van der Waals surface area contributed by atoms with Crippen LogP contribution in [0.4, 0.5) is 11.6 Å². The Morgan fingerprint density at radius 3 is 2.62 bits per heavy atom. The van der Waals surface area contributed by atoms with Crippen LogP contribution in [-0.4, -0.2) is 31.0 Å². The van der Waals surface area contributed by atoms with E-state index < -0.39 is 11.8 Å². The van der Waals surface area contributed by atoms with Gasteiger partial charge in [-0.25, -0.2) is 0 Å². The molecular formula is C18H16ClN3O3S. The summed E-state index contributed by atoms with van der Waals surface area (Å²) >= 11 is 11.3. The van der Waals surface area contributed by atoms with Gasteiger partial charge in [0.2, 0.25) is 0 Å². The van der Waals surface area contributed by atoms with Gasteiger partial charge in [0.1, 0.15) is 11.3 Å².